The number of carbonyl (C=O) groups excluding carboxylic acids is 2. The van der Waals surface area contributed by atoms with Crippen molar-refractivity contribution in [1.29, 1.82) is 0 Å². The molecule has 2 unspecified atom stereocenters. The lowest BCUT2D eigenvalue weighted by Gasteiger charge is -2.29. The molecule has 24 heavy (non-hydrogen) atoms. The summed E-state index contributed by atoms with van der Waals surface area (Å²) in [5, 5.41) is 2.64. The number of rotatable bonds is 6. The zero-order chi connectivity index (χ0) is 17.3. The van der Waals surface area contributed by atoms with Crippen molar-refractivity contribution in [3.05, 3.63) is 24.6 Å². The van der Waals surface area contributed by atoms with E-state index in [9.17, 15) is 9.59 Å². The second kappa shape index (κ2) is 6.57. The molecule has 0 spiro atoms. The van der Waals surface area contributed by atoms with Crippen LogP contribution in [0.1, 0.15) is 39.5 Å². The van der Waals surface area contributed by atoms with Gasteiger partial charge in [-0.3, -0.25) is 4.90 Å². The summed E-state index contributed by atoms with van der Waals surface area (Å²) < 4.78 is 16.9. The highest BCUT2D eigenvalue weighted by Gasteiger charge is 2.39. The Bertz CT molecular complexity index is 567. The number of nitrogens with one attached hydrogen (secondary N) is 1. The maximum atomic E-state index is 12.2. The van der Waals surface area contributed by atoms with E-state index in [2.05, 4.69) is 11.9 Å². The van der Waals surface area contributed by atoms with Gasteiger partial charge in [0.05, 0.1) is 12.2 Å². The highest BCUT2D eigenvalue weighted by molar-refractivity contribution is 5.79. The van der Waals surface area contributed by atoms with Crippen LogP contribution < -0.4 is 5.32 Å². The normalized spacial score (nSPS) is 27.3. The molecule has 1 aliphatic carbocycles. The van der Waals surface area contributed by atoms with Crippen LogP contribution in [0.2, 0.25) is 0 Å². The Morgan fingerprint density at radius 3 is 2.83 bits per heavy atom. The molecule has 2 heterocycles. The van der Waals surface area contributed by atoms with Crippen LogP contribution in [0.15, 0.2) is 24.6 Å². The van der Waals surface area contributed by atoms with Crippen LogP contribution >= 0.6 is 0 Å². The van der Waals surface area contributed by atoms with E-state index in [1.807, 2.05) is 0 Å². The summed E-state index contributed by atoms with van der Waals surface area (Å²) in [5.41, 5.74) is -0.382. The SMILES string of the molecule is C=C1C=CN(C2CCC(COC(=O)C(C)(C)OC3CC3)O2)C(=O)N1. The summed E-state index contributed by atoms with van der Waals surface area (Å²) in [6.07, 6.45) is 6.40. The van der Waals surface area contributed by atoms with Gasteiger partial charge < -0.3 is 19.5 Å². The number of amides is 2. The number of allylic oxidation sites excluding steroid dienone is 1. The van der Waals surface area contributed by atoms with Gasteiger partial charge in [-0.25, -0.2) is 9.59 Å². The number of esters is 1. The van der Waals surface area contributed by atoms with Gasteiger partial charge in [-0.15, -0.1) is 0 Å². The first-order valence-corrected chi connectivity index (χ1v) is 8.32. The predicted molar refractivity (Wildman–Crippen MR) is 85.7 cm³/mol. The Balaban J connectivity index is 1.46. The summed E-state index contributed by atoms with van der Waals surface area (Å²) in [6, 6.07) is -0.260. The molecule has 2 fully saturated rings. The monoisotopic (exact) mass is 336 g/mol. The van der Waals surface area contributed by atoms with Gasteiger partial charge in [0.1, 0.15) is 12.8 Å². The lowest BCUT2D eigenvalue weighted by molar-refractivity contribution is -0.174. The van der Waals surface area contributed by atoms with Crippen LogP contribution in [0.5, 0.6) is 0 Å². The first-order valence-electron chi connectivity index (χ1n) is 8.32. The molecular formula is C17H24N2O5. The maximum absolute atomic E-state index is 12.2. The van der Waals surface area contributed by atoms with Gasteiger partial charge in [-0.1, -0.05) is 6.58 Å². The molecule has 0 aromatic rings. The Labute approximate surface area is 141 Å². The Kier molecular flexibility index (Phi) is 4.64. The molecule has 2 aliphatic heterocycles. The van der Waals surface area contributed by atoms with E-state index in [0.717, 1.165) is 19.3 Å². The number of ether oxygens (including phenoxy) is 3. The van der Waals surface area contributed by atoms with Crippen molar-refractivity contribution in [2.24, 2.45) is 0 Å². The van der Waals surface area contributed by atoms with E-state index in [4.69, 9.17) is 14.2 Å². The molecule has 132 valence electrons. The second-order valence-corrected chi connectivity index (χ2v) is 6.89. The first-order chi connectivity index (χ1) is 11.3. The average Bonchev–Trinajstić information content (AvgIpc) is 3.19. The second-order valence-electron chi connectivity index (χ2n) is 6.89. The predicted octanol–water partition coefficient (Wildman–Crippen LogP) is 2.04. The number of urea groups is 1. The molecule has 2 amide bonds. The molecule has 7 heteroatoms. The summed E-state index contributed by atoms with van der Waals surface area (Å²) in [5.74, 6) is -0.381. The third kappa shape index (κ3) is 3.96. The smallest absolute Gasteiger partial charge is 0.337 e. The number of carbonyl (C=O) groups is 2. The van der Waals surface area contributed by atoms with Crippen molar-refractivity contribution in [3.8, 4) is 0 Å². The molecular weight excluding hydrogens is 312 g/mol. The molecule has 1 N–H and O–H groups in total. The number of hydrogen-bond donors (Lipinski definition) is 1. The first kappa shape index (κ1) is 17.0. The molecule has 0 aromatic heterocycles. The van der Waals surface area contributed by atoms with Gasteiger partial charge in [0, 0.05) is 11.9 Å². The molecule has 0 aromatic carbocycles. The molecule has 0 bridgehead atoms. The molecule has 3 aliphatic rings. The number of hydrogen-bond acceptors (Lipinski definition) is 5. The highest BCUT2D eigenvalue weighted by Crippen LogP contribution is 2.30. The molecule has 3 rings (SSSR count). The minimum absolute atomic E-state index is 0.165. The Morgan fingerprint density at radius 1 is 1.42 bits per heavy atom. The molecule has 2 atom stereocenters. The third-order valence-corrected chi connectivity index (χ3v) is 4.21. The van der Waals surface area contributed by atoms with Crippen molar-refractivity contribution in [2.45, 2.75) is 63.6 Å². The van der Waals surface area contributed by atoms with Crippen LogP contribution in [0, 0.1) is 0 Å². The van der Waals surface area contributed by atoms with Crippen LogP contribution in [-0.2, 0) is 19.0 Å². The van der Waals surface area contributed by atoms with E-state index >= 15 is 0 Å². The lowest BCUT2D eigenvalue weighted by atomic mass is 10.1. The maximum Gasteiger partial charge on any atom is 0.337 e. The fraction of sp³-hybridized carbons (Fsp3) is 0.647. The van der Waals surface area contributed by atoms with Crippen LogP contribution in [0.4, 0.5) is 4.79 Å². The fourth-order valence-electron chi connectivity index (χ4n) is 2.72. The van der Waals surface area contributed by atoms with Crippen LogP contribution in [0.25, 0.3) is 0 Å². The third-order valence-electron chi connectivity index (χ3n) is 4.21. The minimum Gasteiger partial charge on any atom is -0.461 e. The van der Waals surface area contributed by atoms with Crippen molar-refractivity contribution in [2.75, 3.05) is 6.61 Å². The number of nitrogens with zero attached hydrogens (tertiary/aromatic N) is 1. The van der Waals surface area contributed by atoms with Crippen molar-refractivity contribution in [3.63, 3.8) is 0 Å². The summed E-state index contributed by atoms with van der Waals surface area (Å²) in [4.78, 5) is 25.6. The Hall–Kier alpha value is -1.86. The topological polar surface area (TPSA) is 77.1 Å². The molecule has 7 nitrogen and oxygen atoms in total. The van der Waals surface area contributed by atoms with Gasteiger partial charge in [0.2, 0.25) is 0 Å². The minimum atomic E-state index is -0.935. The van der Waals surface area contributed by atoms with Crippen LogP contribution in [0.3, 0.4) is 0 Å². The van der Waals surface area contributed by atoms with Crippen molar-refractivity contribution in [1.82, 2.24) is 10.2 Å². The van der Waals surface area contributed by atoms with Gasteiger partial charge in [-0.2, -0.15) is 0 Å². The fourth-order valence-corrected chi connectivity index (χ4v) is 2.72. The van der Waals surface area contributed by atoms with Gasteiger partial charge in [-0.05, 0) is 45.6 Å². The lowest BCUT2D eigenvalue weighted by Crippen LogP contribution is -2.45. The molecule has 0 radical (unpaired) electrons. The average molecular weight is 336 g/mol. The van der Waals surface area contributed by atoms with E-state index in [-0.39, 0.29) is 37.0 Å². The van der Waals surface area contributed by atoms with Gasteiger partial charge >= 0.3 is 12.0 Å². The largest absolute Gasteiger partial charge is 0.461 e. The van der Waals surface area contributed by atoms with E-state index in [0.29, 0.717) is 12.1 Å². The Morgan fingerprint density at radius 2 is 2.17 bits per heavy atom. The van der Waals surface area contributed by atoms with Crippen LogP contribution in [-0.4, -0.2) is 47.5 Å². The zero-order valence-corrected chi connectivity index (χ0v) is 14.1. The molecule has 1 saturated heterocycles. The van der Waals surface area contributed by atoms with E-state index in [1.54, 1.807) is 26.1 Å². The van der Waals surface area contributed by atoms with Crippen molar-refractivity contribution >= 4 is 12.0 Å². The van der Waals surface area contributed by atoms with Gasteiger partial charge in [0.15, 0.2) is 5.60 Å². The highest BCUT2D eigenvalue weighted by atomic mass is 16.6. The molecule has 1 saturated carbocycles. The zero-order valence-electron chi connectivity index (χ0n) is 14.1. The summed E-state index contributed by atoms with van der Waals surface area (Å²) in [7, 11) is 0. The summed E-state index contributed by atoms with van der Waals surface area (Å²) >= 11 is 0. The van der Waals surface area contributed by atoms with E-state index in [1.165, 1.54) is 4.90 Å². The summed E-state index contributed by atoms with van der Waals surface area (Å²) in [6.45, 7) is 7.29. The van der Waals surface area contributed by atoms with Gasteiger partial charge in [0.25, 0.3) is 0 Å². The van der Waals surface area contributed by atoms with Crippen molar-refractivity contribution < 1.29 is 23.8 Å². The van der Waals surface area contributed by atoms with E-state index < -0.39 is 5.60 Å². The standard InChI is InChI=1S/C17H24N2O5/c1-11-8-9-19(16(21)18-11)14-7-6-13(23-14)10-22-15(20)17(2,3)24-12-4-5-12/h8-9,12-14H,1,4-7,10H2,2-3H3,(H,18,21). The quantitative estimate of drug-likeness (QED) is 0.751.